The zero-order valence-electron chi connectivity index (χ0n) is 24.1. The van der Waals surface area contributed by atoms with Crippen molar-refractivity contribution >= 4 is 133 Å². The first-order valence-corrected chi connectivity index (χ1v) is 17.7. The van der Waals surface area contributed by atoms with Crippen LogP contribution in [0.5, 0.6) is 11.5 Å². The Hall–Kier alpha value is 0.0597. The molecule has 4 rings (SSSR count). The van der Waals surface area contributed by atoms with E-state index in [4.69, 9.17) is 75.0 Å². The Balaban J connectivity index is 0.000000836. The van der Waals surface area contributed by atoms with Gasteiger partial charge in [0.25, 0.3) is 0 Å². The molecule has 0 aliphatic rings. The van der Waals surface area contributed by atoms with E-state index < -0.39 is 11.1 Å². The quantitative estimate of drug-likeness (QED) is 0.0859. The van der Waals surface area contributed by atoms with Crippen LogP contribution in [0.25, 0.3) is 0 Å². The molecule has 0 radical (unpaired) electrons. The smallest absolute Gasteiger partial charge is 0.872 e. The molecule has 0 amide bonds. The van der Waals surface area contributed by atoms with E-state index in [0.29, 0.717) is 11.1 Å². The molecule has 44 heavy (non-hydrogen) atoms. The van der Waals surface area contributed by atoms with Crippen LogP contribution in [0.1, 0.15) is 49.9 Å². The minimum absolute atomic E-state index is 0. The zero-order valence-corrected chi connectivity index (χ0v) is 35.6. The second kappa shape index (κ2) is 19.8. The maximum atomic E-state index is 12.0. The largest absolute Gasteiger partial charge is 3.00 e. The van der Waals surface area contributed by atoms with Crippen LogP contribution in [-0.4, -0.2) is 23.5 Å². The summed E-state index contributed by atoms with van der Waals surface area (Å²) in [6.45, 7) is 11.8. The third kappa shape index (κ3) is 14.0. The van der Waals surface area contributed by atoms with Gasteiger partial charge in [0.05, 0.1) is 11.1 Å². The average Bonchev–Trinajstić information content (AvgIpc) is 3.36. The second-order valence-corrected chi connectivity index (χ2v) is 18.9. The van der Waals surface area contributed by atoms with Crippen molar-refractivity contribution in [3.8, 4) is 11.5 Å². The molecule has 238 valence electrons. The fourth-order valence-electron chi connectivity index (χ4n) is 2.83. The normalized spacial score (nSPS) is 11.1. The maximum Gasteiger partial charge on any atom is 3.00 e. The van der Waals surface area contributed by atoms with Crippen molar-refractivity contribution in [2.24, 2.45) is 9.98 Å². The Labute approximate surface area is 334 Å². The van der Waals surface area contributed by atoms with Gasteiger partial charge >= 0.3 is 39.4 Å². The molecule has 0 aliphatic heterocycles. The molecule has 16 heteroatoms. The molecular weight excluding hydrogens is 969 g/mol. The number of rotatable bonds is 5. The summed E-state index contributed by atoms with van der Waals surface area (Å²) in [6, 6.07) is 10.4. The van der Waals surface area contributed by atoms with E-state index >= 15 is 0 Å². The van der Waals surface area contributed by atoms with Gasteiger partial charge in [-0.25, -0.2) is 0 Å². The van der Waals surface area contributed by atoms with Crippen LogP contribution in [0, 0.1) is 20.1 Å². The minimum Gasteiger partial charge on any atom is -0.872 e. The number of aliphatic imine (C=N–C) groups is 2. The van der Waals surface area contributed by atoms with Crippen LogP contribution in [0.3, 0.4) is 0 Å². The Bertz CT molecular complexity index is 1520. The summed E-state index contributed by atoms with van der Waals surface area (Å²) in [5.41, 5.74) is 2.04. The average molecular weight is 995 g/mol. The fraction of sp³-hybridized carbons (Fsp3) is 0.286. The van der Waals surface area contributed by atoms with Crippen LogP contribution in [0.15, 0.2) is 63.2 Å². The first-order chi connectivity index (χ1) is 19.4. The first kappa shape index (κ1) is 44.1. The van der Waals surface area contributed by atoms with Gasteiger partial charge in [0.15, 0.2) is 0 Å². The molecule has 2 aromatic carbocycles. The van der Waals surface area contributed by atoms with Crippen LogP contribution in [0.2, 0.25) is 0 Å². The molecule has 2 heterocycles. The Morgan fingerprint density at radius 1 is 0.636 bits per heavy atom. The Morgan fingerprint density at radius 2 is 0.909 bits per heavy atom. The molecule has 0 atom stereocenters. The van der Waals surface area contributed by atoms with Crippen LogP contribution < -0.4 is 10.2 Å². The SMILES string of the molecule is Cc1ccc([O-])c(C=NC(C)(C)C(C)(C)N=Cc2cc(C)ccc2[O-])c1.S=c1sc([S-])c([S-])s1.S=c1sc([S-])c([S-])s1.[Au+3].[Mn+3]. The van der Waals surface area contributed by atoms with Crippen molar-refractivity contribution < 1.29 is 49.7 Å². The maximum absolute atomic E-state index is 12.0. The van der Waals surface area contributed by atoms with Gasteiger partial charge in [0, 0.05) is 12.4 Å². The molecule has 0 unspecified atom stereocenters. The number of hydrogen-bond acceptors (Lipinski definition) is 14. The molecule has 0 fully saturated rings. The Kier molecular flexibility index (Phi) is 19.8. The summed E-state index contributed by atoms with van der Waals surface area (Å²) in [7, 11) is 0. The first-order valence-electron chi connectivity index (χ1n) is 12.0. The van der Waals surface area contributed by atoms with Gasteiger partial charge in [-0.05, 0) is 58.9 Å². The van der Waals surface area contributed by atoms with Crippen molar-refractivity contribution in [3.05, 3.63) is 64.9 Å². The second-order valence-electron chi connectivity index (χ2n) is 9.78. The molecule has 0 N–H and O–H groups in total. The van der Waals surface area contributed by atoms with Gasteiger partial charge in [-0.1, -0.05) is 47.5 Å². The van der Waals surface area contributed by atoms with Crippen LogP contribution in [-0.2, 0) is 90.0 Å². The molecule has 2 aromatic heterocycles. The predicted molar refractivity (Wildman–Crippen MR) is 193 cm³/mol. The van der Waals surface area contributed by atoms with Gasteiger partial charge in [-0.15, -0.1) is 52.8 Å². The van der Waals surface area contributed by atoms with Crippen molar-refractivity contribution in [2.75, 3.05) is 0 Å². The van der Waals surface area contributed by atoms with Gasteiger partial charge in [0.2, 0.25) is 0 Å². The molecule has 4 nitrogen and oxygen atoms in total. The summed E-state index contributed by atoms with van der Waals surface area (Å²) in [6.07, 6.45) is 3.25. The van der Waals surface area contributed by atoms with E-state index in [2.05, 4.69) is 9.98 Å². The molecule has 0 aliphatic carbocycles. The summed E-state index contributed by atoms with van der Waals surface area (Å²) in [4.78, 5) is 9.27. The standard InChI is InChI=1S/C22H28N2O2.2C3H2S5.Au.Mn/c1-15-7-9-19(25)17(11-15)13-23-21(3,4)22(5,6)24-14-18-12-16(2)8-10-20(18)26;2*4-1-2(5)8-3(6)7-1;;/h7-14,25-26H,1-6H3;2*4-5H;;/q;;;2*+3/p-6. The zero-order chi connectivity index (χ0) is 31.8. The van der Waals surface area contributed by atoms with Crippen LogP contribution >= 0.6 is 69.8 Å². The number of hydrogen-bond donors (Lipinski definition) is 0. The Morgan fingerprint density at radius 3 is 1.14 bits per heavy atom. The van der Waals surface area contributed by atoms with Crippen molar-refractivity contribution in [3.63, 3.8) is 0 Å². The topological polar surface area (TPSA) is 70.8 Å². The number of aryl methyl sites for hydroxylation is 2. The van der Waals surface area contributed by atoms with E-state index in [-0.39, 0.29) is 50.9 Å². The van der Waals surface area contributed by atoms with Crippen molar-refractivity contribution in [1.29, 1.82) is 0 Å². The van der Waals surface area contributed by atoms with E-state index in [9.17, 15) is 10.2 Å². The molecule has 0 spiro atoms. The van der Waals surface area contributed by atoms with Crippen molar-refractivity contribution in [1.82, 2.24) is 0 Å². The third-order valence-electron chi connectivity index (χ3n) is 5.92. The molecule has 0 bridgehead atoms. The van der Waals surface area contributed by atoms with E-state index in [0.717, 1.165) is 34.2 Å². The van der Waals surface area contributed by atoms with E-state index in [1.165, 1.54) is 45.3 Å². The summed E-state index contributed by atoms with van der Waals surface area (Å²) < 4.78 is 4.70. The van der Waals surface area contributed by atoms with E-state index in [1.807, 2.05) is 53.7 Å². The van der Waals surface area contributed by atoms with Gasteiger partial charge in [-0.3, -0.25) is 9.98 Å². The summed E-state index contributed by atoms with van der Waals surface area (Å²) >= 11 is 34.6. The van der Waals surface area contributed by atoms with Gasteiger partial charge in [0.1, 0.15) is 0 Å². The van der Waals surface area contributed by atoms with Gasteiger partial charge in [-0.2, -0.15) is 0 Å². The van der Waals surface area contributed by atoms with Gasteiger partial charge < -0.3 is 106 Å². The molecule has 0 saturated carbocycles. The fourth-order valence-corrected chi connectivity index (χ4v) is 9.36. The van der Waals surface area contributed by atoms with E-state index in [1.54, 1.807) is 36.7 Å². The monoisotopic (exact) mass is 994 g/mol. The number of nitrogens with zero attached hydrogens (tertiary/aromatic N) is 2. The minimum atomic E-state index is -0.563. The van der Waals surface area contributed by atoms with Crippen molar-refractivity contribution in [2.45, 2.75) is 69.5 Å². The summed E-state index contributed by atoms with van der Waals surface area (Å²) in [5, 5.41) is 23.9. The molecule has 4 aromatic rings. The molecular formula is C28H26AuMnN2O2S10. The molecule has 0 saturated heterocycles. The van der Waals surface area contributed by atoms with Crippen LogP contribution in [0.4, 0.5) is 0 Å². The number of benzene rings is 2. The third-order valence-corrected chi connectivity index (χ3v) is 13.0. The predicted octanol–water partition coefficient (Wildman–Crippen LogP) is 8.24. The summed E-state index contributed by atoms with van der Waals surface area (Å²) in [5.74, 6) is -0.0978.